The van der Waals surface area contributed by atoms with Gasteiger partial charge in [-0.1, -0.05) is 6.08 Å². The molecule has 0 heterocycles. The predicted octanol–water partition coefficient (Wildman–Crippen LogP) is 2.27. The molecule has 0 aliphatic rings. The first kappa shape index (κ1) is 13.7. The van der Waals surface area contributed by atoms with Crippen LogP contribution in [0.5, 0.6) is 0 Å². The van der Waals surface area contributed by atoms with Crippen LogP contribution in [0, 0.1) is 0 Å². The van der Waals surface area contributed by atoms with E-state index in [4.69, 9.17) is 0 Å². The third-order valence-electron chi connectivity index (χ3n) is 2.06. The van der Waals surface area contributed by atoms with Crippen molar-refractivity contribution in [3.63, 3.8) is 0 Å². The Morgan fingerprint density at radius 3 is 2.43 bits per heavy atom. The number of rotatable bonds is 7. The van der Waals surface area contributed by atoms with Crippen molar-refractivity contribution in [1.29, 1.82) is 0 Å². The summed E-state index contributed by atoms with van der Waals surface area (Å²) in [6.45, 7) is 13.6. The number of nitrogens with one attached hydrogen (secondary N) is 1. The fourth-order valence-electron chi connectivity index (χ4n) is 1.28. The molecule has 0 fully saturated rings. The molecule has 1 N–H and O–H groups in total. The molecule has 0 spiro atoms. The highest BCUT2D eigenvalue weighted by molar-refractivity contribution is 4.72. The highest BCUT2D eigenvalue weighted by atomic mass is 15.1. The summed E-state index contributed by atoms with van der Waals surface area (Å²) in [6.07, 6.45) is 4.46. The lowest BCUT2D eigenvalue weighted by Crippen LogP contribution is -2.36. The molecule has 0 radical (unpaired) electrons. The normalized spacial score (nSPS) is 12.1. The minimum Gasteiger partial charge on any atom is -0.312 e. The topological polar surface area (TPSA) is 15.3 Å². The Bertz CT molecular complexity index is 147. The van der Waals surface area contributed by atoms with Gasteiger partial charge in [-0.05, 0) is 53.8 Å². The van der Waals surface area contributed by atoms with Crippen LogP contribution >= 0.6 is 0 Å². The Kier molecular flexibility index (Phi) is 6.85. The summed E-state index contributed by atoms with van der Waals surface area (Å²) in [5.74, 6) is 0. The first-order chi connectivity index (χ1) is 6.45. The third kappa shape index (κ3) is 9.75. The van der Waals surface area contributed by atoms with Crippen LogP contribution in [0.4, 0.5) is 0 Å². The van der Waals surface area contributed by atoms with Crippen LogP contribution in [-0.4, -0.2) is 37.1 Å². The van der Waals surface area contributed by atoms with Gasteiger partial charge in [0.05, 0.1) is 0 Å². The van der Waals surface area contributed by atoms with Gasteiger partial charge in [-0.25, -0.2) is 0 Å². The van der Waals surface area contributed by atoms with Gasteiger partial charge in [-0.2, -0.15) is 0 Å². The summed E-state index contributed by atoms with van der Waals surface area (Å²) in [6, 6.07) is 0. The van der Waals surface area contributed by atoms with Crippen LogP contribution in [0.15, 0.2) is 12.7 Å². The van der Waals surface area contributed by atoms with Crippen molar-refractivity contribution in [2.45, 2.75) is 39.2 Å². The van der Waals surface area contributed by atoms with Gasteiger partial charge in [0.2, 0.25) is 0 Å². The number of hydrogen-bond donors (Lipinski definition) is 1. The zero-order valence-corrected chi connectivity index (χ0v) is 10.3. The van der Waals surface area contributed by atoms with Gasteiger partial charge in [-0.15, -0.1) is 6.58 Å². The van der Waals surface area contributed by atoms with Crippen molar-refractivity contribution in [3.05, 3.63) is 12.7 Å². The average molecular weight is 198 g/mol. The largest absolute Gasteiger partial charge is 0.312 e. The van der Waals surface area contributed by atoms with E-state index in [1.165, 1.54) is 12.8 Å². The molecule has 0 aromatic heterocycles. The zero-order valence-electron chi connectivity index (χ0n) is 10.3. The van der Waals surface area contributed by atoms with Crippen molar-refractivity contribution < 1.29 is 0 Å². The fraction of sp³-hybridized carbons (Fsp3) is 0.833. The van der Waals surface area contributed by atoms with E-state index in [0.29, 0.717) is 0 Å². The van der Waals surface area contributed by atoms with E-state index in [-0.39, 0.29) is 5.54 Å². The maximum atomic E-state index is 3.72. The monoisotopic (exact) mass is 198 g/mol. The molecule has 0 saturated carbocycles. The molecule has 0 saturated heterocycles. The summed E-state index contributed by atoms with van der Waals surface area (Å²) >= 11 is 0. The van der Waals surface area contributed by atoms with Gasteiger partial charge in [0.1, 0.15) is 0 Å². The number of unbranched alkanes of at least 4 members (excludes halogenated alkanes) is 1. The minimum absolute atomic E-state index is 0.257. The van der Waals surface area contributed by atoms with E-state index >= 15 is 0 Å². The first-order valence-corrected chi connectivity index (χ1v) is 5.50. The van der Waals surface area contributed by atoms with Crippen LogP contribution in [-0.2, 0) is 0 Å². The molecule has 0 unspecified atom stereocenters. The van der Waals surface area contributed by atoms with Crippen molar-refractivity contribution >= 4 is 0 Å². The van der Waals surface area contributed by atoms with Crippen molar-refractivity contribution in [3.8, 4) is 0 Å². The van der Waals surface area contributed by atoms with Gasteiger partial charge in [0.25, 0.3) is 0 Å². The van der Waals surface area contributed by atoms with Gasteiger partial charge in [-0.3, -0.25) is 0 Å². The molecule has 0 aromatic rings. The van der Waals surface area contributed by atoms with Gasteiger partial charge < -0.3 is 10.2 Å². The summed E-state index contributed by atoms with van der Waals surface area (Å²) in [5, 5.41) is 3.49. The first-order valence-electron chi connectivity index (χ1n) is 5.50. The van der Waals surface area contributed by atoms with E-state index < -0.39 is 0 Å². The molecule has 0 atom stereocenters. The molecule has 0 rings (SSSR count). The van der Waals surface area contributed by atoms with Crippen LogP contribution in [0.3, 0.4) is 0 Å². The number of nitrogens with zero attached hydrogens (tertiary/aromatic N) is 1. The van der Waals surface area contributed by atoms with Crippen molar-refractivity contribution in [1.82, 2.24) is 10.2 Å². The Hall–Kier alpha value is -0.340. The van der Waals surface area contributed by atoms with Gasteiger partial charge in [0, 0.05) is 12.1 Å². The Morgan fingerprint density at radius 2 is 1.93 bits per heavy atom. The number of likely N-dealkylation sites (N-methyl/N-ethyl adjacent to an activating group) is 1. The van der Waals surface area contributed by atoms with Crippen molar-refractivity contribution in [2.24, 2.45) is 0 Å². The maximum Gasteiger partial charge on any atom is 0.0157 e. The summed E-state index contributed by atoms with van der Waals surface area (Å²) in [4.78, 5) is 2.30. The molecule has 14 heavy (non-hydrogen) atoms. The Morgan fingerprint density at radius 1 is 1.29 bits per heavy atom. The Labute approximate surface area is 89.4 Å². The van der Waals surface area contributed by atoms with Crippen LogP contribution < -0.4 is 5.32 Å². The molecule has 0 aliphatic carbocycles. The second-order valence-corrected chi connectivity index (χ2v) is 4.93. The third-order valence-corrected chi connectivity index (χ3v) is 2.06. The van der Waals surface area contributed by atoms with Crippen LogP contribution in [0.2, 0.25) is 0 Å². The molecular formula is C12H26N2. The quantitative estimate of drug-likeness (QED) is 0.499. The van der Waals surface area contributed by atoms with Crippen LogP contribution in [0.1, 0.15) is 33.6 Å². The highest BCUT2D eigenvalue weighted by Gasteiger charge is 2.06. The van der Waals surface area contributed by atoms with E-state index in [0.717, 1.165) is 19.6 Å². The summed E-state index contributed by atoms with van der Waals surface area (Å²) < 4.78 is 0. The zero-order chi connectivity index (χ0) is 11.0. The average Bonchev–Trinajstić information content (AvgIpc) is 2.02. The molecule has 84 valence electrons. The summed E-state index contributed by atoms with van der Waals surface area (Å²) in [5.41, 5.74) is 0.257. The smallest absolute Gasteiger partial charge is 0.0157 e. The SMILES string of the molecule is C=CCN(C)CCCCNC(C)(C)C. The van der Waals surface area contributed by atoms with Crippen LogP contribution in [0.25, 0.3) is 0 Å². The van der Waals surface area contributed by atoms with E-state index in [2.05, 4.69) is 44.6 Å². The second kappa shape index (κ2) is 7.02. The standard InChI is InChI=1S/C12H26N2/c1-6-10-14(5)11-8-7-9-13-12(2,3)4/h6,13H,1,7-11H2,2-5H3. The van der Waals surface area contributed by atoms with Gasteiger partial charge >= 0.3 is 0 Å². The van der Waals surface area contributed by atoms with Crippen molar-refractivity contribution in [2.75, 3.05) is 26.7 Å². The number of hydrogen-bond acceptors (Lipinski definition) is 2. The second-order valence-electron chi connectivity index (χ2n) is 4.93. The van der Waals surface area contributed by atoms with E-state index in [9.17, 15) is 0 Å². The minimum atomic E-state index is 0.257. The molecule has 2 nitrogen and oxygen atoms in total. The lowest BCUT2D eigenvalue weighted by Gasteiger charge is -2.21. The maximum absolute atomic E-state index is 3.72. The summed E-state index contributed by atoms with van der Waals surface area (Å²) in [7, 11) is 2.14. The molecular weight excluding hydrogens is 172 g/mol. The Balaban J connectivity index is 3.25. The van der Waals surface area contributed by atoms with E-state index in [1.54, 1.807) is 0 Å². The molecule has 0 bridgehead atoms. The van der Waals surface area contributed by atoms with E-state index in [1.807, 2.05) is 6.08 Å². The molecule has 0 aromatic carbocycles. The lowest BCUT2D eigenvalue weighted by molar-refractivity contribution is 0.349. The molecule has 2 heteroatoms. The highest BCUT2D eigenvalue weighted by Crippen LogP contribution is 1.99. The fourth-order valence-corrected chi connectivity index (χ4v) is 1.28. The van der Waals surface area contributed by atoms with Gasteiger partial charge in [0.15, 0.2) is 0 Å². The molecule has 0 aliphatic heterocycles. The predicted molar refractivity (Wildman–Crippen MR) is 64.7 cm³/mol. The lowest BCUT2D eigenvalue weighted by atomic mass is 10.1. The molecule has 0 amide bonds.